The Hall–Kier alpha value is -1.53. The van der Waals surface area contributed by atoms with Crippen LogP contribution in [0.2, 0.25) is 0 Å². The van der Waals surface area contributed by atoms with E-state index >= 15 is 0 Å². The Bertz CT molecular complexity index is 583. The molecule has 1 aromatic carbocycles. The summed E-state index contributed by atoms with van der Waals surface area (Å²) in [5, 5.41) is 0. The SMILES string of the molecule is COc1cccc2c1N(B1OC(C)(C)C(C)(C)O1)C(=O)C2. The van der Waals surface area contributed by atoms with E-state index in [1.165, 1.54) is 0 Å². The number of carbonyl (C=O) groups excluding carboxylic acids is 1. The van der Waals surface area contributed by atoms with E-state index in [1.807, 2.05) is 45.9 Å². The van der Waals surface area contributed by atoms with Gasteiger partial charge in [0.2, 0.25) is 5.91 Å². The number of rotatable bonds is 2. The van der Waals surface area contributed by atoms with Crippen LogP contribution < -0.4 is 9.55 Å². The molecule has 1 aromatic rings. The van der Waals surface area contributed by atoms with Gasteiger partial charge in [-0.3, -0.25) is 9.61 Å². The molecular weight excluding hydrogens is 269 g/mol. The van der Waals surface area contributed by atoms with Gasteiger partial charge in [0.05, 0.1) is 30.4 Å². The maximum absolute atomic E-state index is 12.4. The Labute approximate surface area is 125 Å². The number of fused-ring (bicyclic) bond motifs is 1. The minimum absolute atomic E-state index is 0.0343. The van der Waals surface area contributed by atoms with Crippen LogP contribution >= 0.6 is 0 Å². The second kappa shape index (κ2) is 4.48. The van der Waals surface area contributed by atoms with Crippen molar-refractivity contribution >= 4 is 18.8 Å². The van der Waals surface area contributed by atoms with Crippen LogP contribution in [0.3, 0.4) is 0 Å². The average molecular weight is 289 g/mol. The van der Waals surface area contributed by atoms with Gasteiger partial charge in [0.15, 0.2) is 0 Å². The second-order valence-corrected chi connectivity index (χ2v) is 6.47. The zero-order valence-corrected chi connectivity index (χ0v) is 13.1. The highest BCUT2D eigenvalue weighted by Gasteiger charge is 2.57. The van der Waals surface area contributed by atoms with Crippen molar-refractivity contribution in [2.24, 2.45) is 0 Å². The van der Waals surface area contributed by atoms with E-state index in [1.54, 1.807) is 11.9 Å². The summed E-state index contributed by atoms with van der Waals surface area (Å²) in [6.45, 7) is 7.88. The van der Waals surface area contributed by atoms with Gasteiger partial charge in [-0.15, -0.1) is 0 Å². The van der Waals surface area contributed by atoms with Crippen LogP contribution in [0.15, 0.2) is 18.2 Å². The first-order valence-corrected chi connectivity index (χ1v) is 7.10. The van der Waals surface area contributed by atoms with E-state index in [4.69, 9.17) is 14.0 Å². The van der Waals surface area contributed by atoms with Crippen LogP contribution in [0.1, 0.15) is 33.3 Å². The molecule has 3 rings (SSSR count). The summed E-state index contributed by atoms with van der Waals surface area (Å²) < 4.78 is 17.4. The van der Waals surface area contributed by atoms with Crippen LogP contribution in [0, 0.1) is 0 Å². The highest BCUT2D eigenvalue weighted by atomic mass is 16.7. The zero-order chi connectivity index (χ0) is 15.4. The largest absolute Gasteiger partial charge is 0.601 e. The molecule has 0 radical (unpaired) electrons. The molecule has 2 aliphatic rings. The molecule has 1 saturated heterocycles. The first kappa shape index (κ1) is 14.4. The second-order valence-electron chi connectivity index (χ2n) is 6.47. The lowest BCUT2D eigenvalue weighted by Gasteiger charge is -2.32. The molecule has 0 atom stereocenters. The third-order valence-corrected chi connectivity index (χ3v) is 4.61. The quantitative estimate of drug-likeness (QED) is 0.783. The first-order valence-electron chi connectivity index (χ1n) is 7.10. The highest BCUT2D eigenvalue weighted by molar-refractivity contribution is 6.58. The van der Waals surface area contributed by atoms with E-state index in [9.17, 15) is 4.79 Å². The standard InChI is InChI=1S/C15H20BNO4/c1-14(2)15(3,4)21-16(20-14)17-12(18)9-10-7-6-8-11(19-5)13(10)17/h6-8H,9H2,1-5H3. The highest BCUT2D eigenvalue weighted by Crippen LogP contribution is 2.44. The molecule has 0 aromatic heterocycles. The van der Waals surface area contributed by atoms with Gasteiger partial charge in [0, 0.05) is 0 Å². The van der Waals surface area contributed by atoms with E-state index < -0.39 is 18.5 Å². The molecule has 6 heteroatoms. The van der Waals surface area contributed by atoms with E-state index in [-0.39, 0.29) is 5.91 Å². The smallest absolute Gasteiger partial charge is 0.495 e. The van der Waals surface area contributed by atoms with Crippen molar-refractivity contribution in [3.05, 3.63) is 23.8 Å². The summed E-state index contributed by atoms with van der Waals surface area (Å²) in [6.07, 6.45) is 0.344. The molecule has 2 aliphatic heterocycles. The molecule has 2 heterocycles. The number of amides is 1. The van der Waals surface area contributed by atoms with E-state index in [2.05, 4.69) is 0 Å². The van der Waals surface area contributed by atoms with Crippen molar-refractivity contribution in [2.75, 3.05) is 11.9 Å². The van der Waals surface area contributed by atoms with E-state index in [0.29, 0.717) is 12.2 Å². The van der Waals surface area contributed by atoms with Crippen molar-refractivity contribution in [1.82, 2.24) is 0 Å². The Morgan fingerprint density at radius 1 is 1.19 bits per heavy atom. The van der Waals surface area contributed by atoms with Gasteiger partial charge in [0.25, 0.3) is 0 Å². The minimum Gasteiger partial charge on any atom is -0.495 e. The van der Waals surface area contributed by atoms with E-state index in [0.717, 1.165) is 11.3 Å². The van der Waals surface area contributed by atoms with Crippen LogP contribution in [-0.4, -0.2) is 31.5 Å². The average Bonchev–Trinajstić information content (AvgIpc) is 2.82. The number of para-hydroxylation sites is 1. The normalized spacial score (nSPS) is 22.6. The molecule has 5 nitrogen and oxygen atoms in total. The topological polar surface area (TPSA) is 48.0 Å². The minimum atomic E-state index is -0.722. The van der Waals surface area contributed by atoms with Crippen molar-refractivity contribution in [3.63, 3.8) is 0 Å². The van der Waals surface area contributed by atoms with Crippen LogP contribution in [-0.2, 0) is 20.5 Å². The molecule has 21 heavy (non-hydrogen) atoms. The molecule has 0 bridgehead atoms. The summed E-state index contributed by atoms with van der Waals surface area (Å²) in [5.74, 6) is 0.626. The van der Waals surface area contributed by atoms with Crippen LogP contribution in [0.4, 0.5) is 5.69 Å². The zero-order valence-electron chi connectivity index (χ0n) is 13.1. The van der Waals surface area contributed by atoms with Gasteiger partial charge in [-0.2, -0.15) is 0 Å². The van der Waals surface area contributed by atoms with Crippen molar-refractivity contribution < 1.29 is 18.8 Å². The van der Waals surface area contributed by atoms with Crippen LogP contribution in [0.5, 0.6) is 5.75 Å². The fourth-order valence-electron chi connectivity index (χ4n) is 2.66. The molecule has 0 saturated carbocycles. The maximum Gasteiger partial charge on any atom is 0.601 e. The van der Waals surface area contributed by atoms with Gasteiger partial charge < -0.3 is 14.0 Å². The number of anilines is 1. The Kier molecular flexibility index (Phi) is 3.08. The summed E-state index contributed by atoms with van der Waals surface area (Å²) in [5.41, 5.74) is 0.725. The van der Waals surface area contributed by atoms with Crippen LogP contribution in [0.25, 0.3) is 0 Å². The number of nitrogens with zero attached hydrogens (tertiary/aromatic N) is 1. The number of hydrogen-bond acceptors (Lipinski definition) is 4. The molecule has 0 N–H and O–H groups in total. The lowest BCUT2D eigenvalue weighted by molar-refractivity contribution is -0.116. The molecular formula is C15H20BNO4. The third-order valence-electron chi connectivity index (χ3n) is 4.61. The Morgan fingerprint density at radius 3 is 2.38 bits per heavy atom. The lowest BCUT2D eigenvalue weighted by Crippen LogP contribution is -2.44. The summed E-state index contributed by atoms with van der Waals surface area (Å²) in [6, 6.07) is 5.66. The molecule has 1 amide bonds. The van der Waals surface area contributed by atoms with Gasteiger partial charge in [-0.05, 0) is 39.3 Å². The van der Waals surface area contributed by atoms with Gasteiger partial charge in [-0.1, -0.05) is 12.1 Å². The summed E-state index contributed by atoms with van der Waals surface area (Å²) >= 11 is 0. The molecule has 0 aliphatic carbocycles. The molecule has 112 valence electrons. The third kappa shape index (κ3) is 2.05. The fraction of sp³-hybridized carbons (Fsp3) is 0.533. The number of hydrogen-bond donors (Lipinski definition) is 0. The van der Waals surface area contributed by atoms with Crippen molar-refractivity contribution in [1.29, 1.82) is 0 Å². The van der Waals surface area contributed by atoms with Gasteiger partial charge in [0.1, 0.15) is 5.75 Å². The Balaban J connectivity index is 2.01. The number of benzene rings is 1. The van der Waals surface area contributed by atoms with Crippen molar-refractivity contribution in [3.8, 4) is 5.75 Å². The summed E-state index contributed by atoms with van der Waals surface area (Å²) in [4.78, 5) is 14.0. The number of methoxy groups -OCH3 is 1. The monoisotopic (exact) mass is 289 g/mol. The van der Waals surface area contributed by atoms with Crippen molar-refractivity contribution in [2.45, 2.75) is 45.3 Å². The van der Waals surface area contributed by atoms with Gasteiger partial charge in [-0.25, -0.2) is 0 Å². The molecule has 0 spiro atoms. The predicted molar refractivity (Wildman–Crippen MR) is 80.3 cm³/mol. The number of ether oxygens (including phenoxy) is 1. The Morgan fingerprint density at radius 2 is 1.81 bits per heavy atom. The fourth-order valence-corrected chi connectivity index (χ4v) is 2.66. The molecule has 0 unspecified atom stereocenters. The summed E-state index contributed by atoms with van der Waals surface area (Å²) in [7, 11) is 0.876. The molecule has 1 fully saturated rings. The maximum atomic E-state index is 12.4. The predicted octanol–water partition coefficient (Wildman–Crippen LogP) is 2.17. The lowest BCUT2D eigenvalue weighted by atomic mass is 9.90. The number of carbonyl (C=O) groups is 1. The first-order chi connectivity index (χ1) is 9.77. The van der Waals surface area contributed by atoms with Gasteiger partial charge >= 0.3 is 7.25 Å².